The Bertz CT molecular complexity index is 347. The predicted molar refractivity (Wildman–Crippen MR) is 71.5 cm³/mol. The van der Waals surface area contributed by atoms with E-state index in [1.165, 1.54) is 24.8 Å². The number of ether oxygens (including phenoxy) is 1. The molecular weight excluding hydrogens is 210 g/mol. The summed E-state index contributed by atoms with van der Waals surface area (Å²) in [6.07, 6.45) is 5.27. The molecule has 17 heavy (non-hydrogen) atoms. The summed E-state index contributed by atoms with van der Waals surface area (Å²) in [7, 11) is 1.74. The lowest BCUT2D eigenvalue weighted by molar-refractivity contribution is 0.408. The Morgan fingerprint density at radius 3 is 2.82 bits per heavy atom. The molecule has 1 N–H and O–H groups in total. The molecular formula is C15H23NO. The van der Waals surface area contributed by atoms with Crippen molar-refractivity contribution in [3.8, 4) is 5.75 Å². The van der Waals surface area contributed by atoms with Crippen LogP contribution in [0, 0.1) is 5.92 Å². The van der Waals surface area contributed by atoms with Crippen LogP contribution in [0.25, 0.3) is 0 Å². The zero-order valence-corrected chi connectivity index (χ0v) is 10.9. The molecule has 0 heterocycles. The Labute approximate surface area is 104 Å². The summed E-state index contributed by atoms with van der Waals surface area (Å²) in [5.41, 5.74) is 1.29. The van der Waals surface area contributed by atoms with Crippen LogP contribution in [0.2, 0.25) is 0 Å². The quantitative estimate of drug-likeness (QED) is 0.781. The molecule has 1 aromatic rings. The van der Waals surface area contributed by atoms with Crippen LogP contribution in [-0.2, 0) is 6.42 Å². The third-order valence-corrected chi connectivity index (χ3v) is 3.46. The first-order valence-corrected chi connectivity index (χ1v) is 6.65. The summed E-state index contributed by atoms with van der Waals surface area (Å²) in [5.74, 6) is 2.01. The second kappa shape index (κ2) is 6.06. The van der Waals surface area contributed by atoms with E-state index in [4.69, 9.17) is 4.74 Å². The molecule has 0 saturated heterocycles. The second-order valence-corrected chi connectivity index (χ2v) is 5.10. The number of para-hydroxylation sites is 1. The van der Waals surface area contributed by atoms with Crippen molar-refractivity contribution in [1.29, 1.82) is 0 Å². The van der Waals surface area contributed by atoms with Gasteiger partial charge < -0.3 is 10.1 Å². The van der Waals surface area contributed by atoms with Crippen molar-refractivity contribution in [2.24, 2.45) is 5.92 Å². The maximum atomic E-state index is 5.35. The minimum atomic E-state index is 0.650. The molecule has 0 aliphatic heterocycles. The van der Waals surface area contributed by atoms with Gasteiger partial charge in [0.1, 0.15) is 5.75 Å². The van der Waals surface area contributed by atoms with E-state index in [1.54, 1.807) is 7.11 Å². The van der Waals surface area contributed by atoms with Gasteiger partial charge in [-0.15, -0.1) is 0 Å². The van der Waals surface area contributed by atoms with Crippen LogP contribution >= 0.6 is 0 Å². The smallest absolute Gasteiger partial charge is 0.122 e. The number of benzene rings is 1. The molecule has 2 heteroatoms. The van der Waals surface area contributed by atoms with Gasteiger partial charge >= 0.3 is 0 Å². The van der Waals surface area contributed by atoms with Gasteiger partial charge in [0, 0.05) is 6.04 Å². The summed E-state index contributed by atoms with van der Waals surface area (Å²) in [6.45, 7) is 3.33. The maximum absolute atomic E-state index is 5.35. The molecule has 0 radical (unpaired) electrons. The molecule has 0 spiro atoms. The molecule has 1 atom stereocenters. The Morgan fingerprint density at radius 1 is 1.35 bits per heavy atom. The Hall–Kier alpha value is -1.02. The van der Waals surface area contributed by atoms with E-state index < -0.39 is 0 Å². The van der Waals surface area contributed by atoms with Gasteiger partial charge in [0.15, 0.2) is 0 Å². The van der Waals surface area contributed by atoms with E-state index in [0.29, 0.717) is 6.04 Å². The van der Waals surface area contributed by atoms with Gasteiger partial charge in [-0.3, -0.25) is 0 Å². The van der Waals surface area contributed by atoms with Gasteiger partial charge in [-0.1, -0.05) is 31.0 Å². The van der Waals surface area contributed by atoms with E-state index in [2.05, 4.69) is 24.4 Å². The molecule has 1 fully saturated rings. The standard InChI is InChI=1S/C15H23NO/c1-12(11-13-7-8-13)16-10-9-14-5-3-4-6-15(14)17-2/h3-6,12-13,16H,7-11H2,1-2H3. The number of rotatable bonds is 7. The summed E-state index contributed by atoms with van der Waals surface area (Å²) in [6, 6.07) is 8.92. The van der Waals surface area contributed by atoms with Gasteiger partial charge in [-0.25, -0.2) is 0 Å². The van der Waals surface area contributed by atoms with Crippen molar-refractivity contribution in [1.82, 2.24) is 5.32 Å². The molecule has 0 bridgehead atoms. The van der Waals surface area contributed by atoms with Gasteiger partial charge in [-0.05, 0) is 43.9 Å². The van der Waals surface area contributed by atoms with E-state index in [0.717, 1.165) is 24.6 Å². The molecule has 1 aliphatic carbocycles. The maximum Gasteiger partial charge on any atom is 0.122 e. The van der Waals surface area contributed by atoms with Crippen molar-refractivity contribution in [3.63, 3.8) is 0 Å². The first kappa shape index (κ1) is 12.4. The zero-order valence-electron chi connectivity index (χ0n) is 10.9. The van der Waals surface area contributed by atoms with Gasteiger partial charge in [0.2, 0.25) is 0 Å². The fraction of sp³-hybridized carbons (Fsp3) is 0.600. The number of nitrogens with one attached hydrogen (secondary N) is 1. The topological polar surface area (TPSA) is 21.3 Å². The van der Waals surface area contributed by atoms with Crippen LogP contribution in [-0.4, -0.2) is 19.7 Å². The van der Waals surface area contributed by atoms with Crippen molar-refractivity contribution in [2.75, 3.05) is 13.7 Å². The van der Waals surface area contributed by atoms with Crippen LogP contribution in [0.15, 0.2) is 24.3 Å². The molecule has 1 aromatic carbocycles. The molecule has 0 amide bonds. The first-order valence-electron chi connectivity index (χ1n) is 6.65. The molecule has 1 aliphatic rings. The summed E-state index contributed by atoms with van der Waals surface area (Å²) >= 11 is 0. The zero-order chi connectivity index (χ0) is 12.1. The Kier molecular flexibility index (Phi) is 4.43. The van der Waals surface area contributed by atoms with E-state index in [1.807, 2.05) is 12.1 Å². The summed E-state index contributed by atoms with van der Waals surface area (Å²) < 4.78 is 5.35. The second-order valence-electron chi connectivity index (χ2n) is 5.10. The van der Waals surface area contributed by atoms with Gasteiger partial charge in [0.25, 0.3) is 0 Å². The largest absolute Gasteiger partial charge is 0.496 e. The van der Waals surface area contributed by atoms with Crippen LogP contribution in [0.5, 0.6) is 5.75 Å². The molecule has 1 saturated carbocycles. The van der Waals surface area contributed by atoms with Crippen molar-refractivity contribution >= 4 is 0 Å². The number of hydrogen-bond acceptors (Lipinski definition) is 2. The van der Waals surface area contributed by atoms with Crippen molar-refractivity contribution in [3.05, 3.63) is 29.8 Å². The highest BCUT2D eigenvalue weighted by atomic mass is 16.5. The molecule has 2 nitrogen and oxygen atoms in total. The highest BCUT2D eigenvalue weighted by Crippen LogP contribution is 2.33. The fourth-order valence-electron chi connectivity index (χ4n) is 2.30. The monoisotopic (exact) mass is 233 g/mol. The number of hydrogen-bond donors (Lipinski definition) is 1. The molecule has 94 valence electrons. The normalized spacial score (nSPS) is 16.8. The molecule has 0 aromatic heterocycles. The fourth-order valence-corrected chi connectivity index (χ4v) is 2.30. The van der Waals surface area contributed by atoms with Gasteiger partial charge in [0.05, 0.1) is 7.11 Å². The van der Waals surface area contributed by atoms with Crippen molar-refractivity contribution < 1.29 is 4.74 Å². The van der Waals surface area contributed by atoms with E-state index in [9.17, 15) is 0 Å². The highest BCUT2D eigenvalue weighted by molar-refractivity contribution is 5.33. The molecule has 2 rings (SSSR count). The Balaban J connectivity index is 1.72. The van der Waals surface area contributed by atoms with Crippen LogP contribution in [0.4, 0.5) is 0 Å². The van der Waals surface area contributed by atoms with Crippen LogP contribution in [0.3, 0.4) is 0 Å². The summed E-state index contributed by atoms with van der Waals surface area (Å²) in [5, 5.41) is 3.60. The average Bonchev–Trinajstić information content (AvgIpc) is 3.13. The third-order valence-electron chi connectivity index (χ3n) is 3.46. The van der Waals surface area contributed by atoms with Crippen LogP contribution in [0.1, 0.15) is 31.7 Å². The minimum Gasteiger partial charge on any atom is -0.496 e. The first-order chi connectivity index (χ1) is 8.29. The lowest BCUT2D eigenvalue weighted by atomic mass is 10.1. The van der Waals surface area contributed by atoms with Crippen LogP contribution < -0.4 is 10.1 Å². The van der Waals surface area contributed by atoms with Gasteiger partial charge in [-0.2, -0.15) is 0 Å². The van der Waals surface area contributed by atoms with Crippen molar-refractivity contribution in [2.45, 2.75) is 38.6 Å². The van der Waals surface area contributed by atoms with E-state index in [-0.39, 0.29) is 0 Å². The lowest BCUT2D eigenvalue weighted by Gasteiger charge is -2.14. The minimum absolute atomic E-state index is 0.650. The SMILES string of the molecule is COc1ccccc1CCNC(C)CC1CC1. The lowest BCUT2D eigenvalue weighted by Crippen LogP contribution is -2.28. The highest BCUT2D eigenvalue weighted by Gasteiger charge is 2.23. The summed E-state index contributed by atoms with van der Waals surface area (Å²) in [4.78, 5) is 0. The number of methoxy groups -OCH3 is 1. The van der Waals surface area contributed by atoms with E-state index >= 15 is 0 Å². The average molecular weight is 233 g/mol. The predicted octanol–water partition coefficient (Wildman–Crippen LogP) is 3.02. The Morgan fingerprint density at radius 2 is 2.12 bits per heavy atom. The third kappa shape index (κ3) is 4.04. The molecule has 1 unspecified atom stereocenters.